The van der Waals surface area contributed by atoms with Crippen molar-refractivity contribution in [2.75, 3.05) is 7.11 Å². The van der Waals surface area contributed by atoms with Crippen molar-refractivity contribution in [3.8, 4) is 17.1 Å². The van der Waals surface area contributed by atoms with Gasteiger partial charge in [0.1, 0.15) is 5.75 Å². The molecule has 2 aromatic rings. The second-order valence-corrected chi connectivity index (χ2v) is 3.09. The van der Waals surface area contributed by atoms with Gasteiger partial charge in [-0.25, -0.2) is 4.98 Å². The van der Waals surface area contributed by atoms with Crippen LogP contribution >= 0.6 is 0 Å². The number of alkyl halides is 2. The standard InChI is InChI=1S/C11H9F2NO2/c1-15-8-4-2-7(3-5-8)9-6-14-11(16-9)10(12)13/h2-6,10H,1H3. The molecule has 0 bridgehead atoms. The van der Waals surface area contributed by atoms with Gasteiger partial charge in [0, 0.05) is 5.56 Å². The molecule has 3 nitrogen and oxygen atoms in total. The number of nitrogens with zero attached hydrogens (tertiary/aromatic N) is 1. The van der Waals surface area contributed by atoms with Gasteiger partial charge in [0.15, 0.2) is 5.76 Å². The summed E-state index contributed by atoms with van der Waals surface area (Å²) in [7, 11) is 1.55. The van der Waals surface area contributed by atoms with E-state index in [4.69, 9.17) is 9.15 Å². The van der Waals surface area contributed by atoms with E-state index in [2.05, 4.69) is 4.98 Å². The van der Waals surface area contributed by atoms with Gasteiger partial charge in [-0.05, 0) is 24.3 Å². The molecule has 0 saturated carbocycles. The van der Waals surface area contributed by atoms with Crippen LogP contribution in [-0.2, 0) is 0 Å². The van der Waals surface area contributed by atoms with E-state index in [0.29, 0.717) is 17.1 Å². The maximum absolute atomic E-state index is 12.2. The van der Waals surface area contributed by atoms with Gasteiger partial charge >= 0.3 is 6.43 Å². The summed E-state index contributed by atoms with van der Waals surface area (Å²) in [5, 5.41) is 0. The van der Waals surface area contributed by atoms with E-state index >= 15 is 0 Å². The van der Waals surface area contributed by atoms with Crippen LogP contribution in [0.1, 0.15) is 12.3 Å². The van der Waals surface area contributed by atoms with Crippen molar-refractivity contribution in [1.29, 1.82) is 0 Å². The Morgan fingerprint density at radius 3 is 2.44 bits per heavy atom. The number of hydrogen-bond acceptors (Lipinski definition) is 3. The SMILES string of the molecule is COc1ccc(-c2cnc(C(F)F)o2)cc1. The Morgan fingerprint density at radius 2 is 1.94 bits per heavy atom. The van der Waals surface area contributed by atoms with E-state index in [1.54, 1.807) is 31.4 Å². The molecule has 5 heteroatoms. The number of halogens is 2. The monoisotopic (exact) mass is 225 g/mol. The lowest BCUT2D eigenvalue weighted by Crippen LogP contribution is -1.82. The second-order valence-electron chi connectivity index (χ2n) is 3.09. The van der Waals surface area contributed by atoms with Gasteiger partial charge in [-0.3, -0.25) is 0 Å². The van der Waals surface area contributed by atoms with Gasteiger partial charge in [0.2, 0.25) is 0 Å². The van der Waals surface area contributed by atoms with Crippen LogP contribution in [0.4, 0.5) is 8.78 Å². The topological polar surface area (TPSA) is 35.3 Å². The number of ether oxygens (including phenoxy) is 1. The summed E-state index contributed by atoms with van der Waals surface area (Å²) >= 11 is 0. The zero-order valence-corrected chi connectivity index (χ0v) is 8.48. The van der Waals surface area contributed by atoms with E-state index in [-0.39, 0.29) is 0 Å². The van der Waals surface area contributed by atoms with Crippen LogP contribution in [0.15, 0.2) is 34.9 Å². The summed E-state index contributed by atoms with van der Waals surface area (Å²) < 4.78 is 34.4. The maximum atomic E-state index is 12.2. The summed E-state index contributed by atoms with van der Waals surface area (Å²) in [5.74, 6) is 0.445. The van der Waals surface area contributed by atoms with E-state index in [0.717, 1.165) is 0 Å². The zero-order chi connectivity index (χ0) is 11.5. The van der Waals surface area contributed by atoms with Crippen molar-refractivity contribution < 1.29 is 17.9 Å². The van der Waals surface area contributed by atoms with Crippen LogP contribution in [0.2, 0.25) is 0 Å². The van der Waals surface area contributed by atoms with Gasteiger partial charge in [0.25, 0.3) is 5.89 Å². The number of rotatable bonds is 3. The Morgan fingerprint density at radius 1 is 1.25 bits per heavy atom. The van der Waals surface area contributed by atoms with Crippen molar-refractivity contribution in [2.45, 2.75) is 6.43 Å². The molecule has 0 aliphatic carbocycles. The predicted octanol–water partition coefficient (Wildman–Crippen LogP) is 3.29. The fraction of sp³-hybridized carbons (Fsp3) is 0.182. The average Bonchev–Trinajstić information content (AvgIpc) is 2.78. The third-order valence-electron chi connectivity index (χ3n) is 2.08. The second kappa shape index (κ2) is 4.30. The molecule has 84 valence electrons. The Labute approximate surface area is 90.7 Å². The molecule has 0 aliphatic heterocycles. The molecule has 0 spiro atoms. The molecule has 0 radical (unpaired) electrons. The molecule has 1 aromatic carbocycles. The lowest BCUT2D eigenvalue weighted by Gasteiger charge is -2.00. The Hall–Kier alpha value is -1.91. The first-order valence-corrected chi connectivity index (χ1v) is 4.59. The van der Waals surface area contributed by atoms with Crippen LogP contribution in [-0.4, -0.2) is 12.1 Å². The number of aromatic nitrogens is 1. The quantitative estimate of drug-likeness (QED) is 0.803. The molecule has 1 heterocycles. The van der Waals surface area contributed by atoms with E-state index in [1.807, 2.05) is 0 Å². The van der Waals surface area contributed by atoms with Crippen LogP contribution < -0.4 is 4.74 Å². The van der Waals surface area contributed by atoms with Crippen molar-refractivity contribution in [3.63, 3.8) is 0 Å². The highest BCUT2D eigenvalue weighted by molar-refractivity contribution is 5.57. The molecule has 16 heavy (non-hydrogen) atoms. The van der Waals surface area contributed by atoms with Crippen LogP contribution in [0, 0.1) is 0 Å². The fourth-order valence-electron chi connectivity index (χ4n) is 1.28. The fourth-order valence-corrected chi connectivity index (χ4v) is 1.28. The first kappa shape index (κ1) is 10.6. The average molecular weight is 225 g/mol. The number of methoxy groups -OCH3 is 1. The lowest BCUT2D eigenvalue weighted by molar-refractivity contribution is 0.116. The molecule has 0 saturated heterocycles. The summed E-state index contributed by atoms with van der Waals surface area (Å²) in [6.45, 7) is 0. The molecule has 0 aliphatic rings. The van der Waals surface area contributed by atoms with Crippen LogP contribution in [0.25, 0.3) is 11.3 Å². The van der Waals surface area contributed by atoms with Gasteiger partial charge in [-0.1, -0.05) is 0 Å². The first-order valence-electron chi connectivity index (χ1n) is 4.59. The zero-order valence-electron chi connectivity index (χ0n) is 8.48. The minimum atomic E-state index is -2.69. The van der Waals surface area contributed by atoms with Gasteiger partial charge in [0.05, 0.1) is 13.3 Å². The Balaban J connectivity index is 2.28. The highest BCUT2D eigenvalue weighted by Crippen LogP contribution is 2.26. The number of benzene rings is 1. The largest absolute Gasteiger partial charge is 0.497 e. The lowest BCUT2D eigenvalue weighted by atomic mass is 10.2. The smallest absolute Gasteiger partial charge is 0.313 e. The molecule has 0 N–H and O–H groups in total. The summed E-state index contributed by atoms with van der Waals surface area (Å²) in [6.07, 6.45) is -1.41. The van der Waals surface area contributed by atoms with Crippen LogP contribution in [0.5, 0.6) is 5.75 Å². The number of hydrogen-bond donors (Lipinski definition) is 0. The van der Waals surface area contributed by atoms with Gasteiger partial charge < -0.3 is 9.15 Å². The molecular formula is C11H9F2NO2. The minimum absolute atomic E-state index is 0.318. The summed E-state index contributed by atoms with van der Waals surface area (Å²) in [4.78, 5) is 3.49. The molecule has 0 unspecified atom stereocenters. The number of oxazole rings is 1. The van der Waals surface area contributed by atoms with Gasteiger partial charge in [-0.2, -0.15) is 8.78 Å². The van der Waals surface area contributed by atoms with Gasteiger partial charge in [-0.15, -0.1) is 0 Å². The predicted molar refractivity (Wildman–Crippen MR) is 53.4 cm³/mol. The van der Waals surface area contributed by atoms with Crippen molar-refractivity contribution in [2.24, 2.45) is 0 Å². The molecule has 0 atom stereocenters. The molecule has 0 amide bonds. The third-order valence-corrected chi connectivity index (χ3v) is 2.08. The van der Waals surface area contributed by atoms with E-state index in [1.165, 1.54) is 6.20 Å². The Kier molecular flexibility index (Phi) is 2.85. The summed E-state index contributed by atoms with van der Waals surface area (Å²) in [6, 6.07) is 6.88. The van der Waals surface area contributed by atoms with Crippen molar-refractivity contribution in [1.82, 2.24) is 4.98 Å². The highest BCUT2D eigenvalue weighted by Gasteiger charge is 2.15. The van der Waals surface area contributed by atoms with E-state index in [9.17, 15) is 8.78 Å². The third kappa shape index (κ3) is 2.03. The maximum Gasteiger partial charge on any atom is 0.313 e. The van der Waals surface area contributed by atoms with Crippen LogP contribution in [0.3, 0.4) is 0 Å². The molecule has 1 aromatic heterocycles. The molecule has 0 fully saturated rings. The molecular weight excluding hydrogens is 216 g/mol. The normalized spacial score (nSPS) is 10.8. The highest BCUT2D eigenvalue weighted by atomic mass is 19.3. The van der Waals surface area contributed by atoms with Crippen molar-refractivity contribution in [3.05, 3.63) is 36.4 Å². The first-order chi connectivity index (χ1) is 7.70. The Bertz CT molecular complexity index is 465. The van der Waals surface area contributed by atoms with E-state index < -0.39 is 12.3 Å². The van der Waals surface area contributed by atoms with Crippen molar-refractivity contribution >= 4 is 0 Å². The summed E-state index contributed by atoms with van der Waals surface area (Å²) in [5.41, 5.74) is 0.681. The minimum Gasteiger partial charge on any atom is -0.497 e. The molecule has 2 rings (SSSR count).